The number of amides is 2. The fraction of sp³-hybridized carbons (Fsp3) is 0.333. The number of ether oxygens (including phenoxy) is 2. The second-order valence-corrected chi connectivity index (χ2v) is 6.60. The van der Waals surface area contributed by atoms with Crippen molar-refractivity contribution in [2.75, 3.05) is 32.2 Å². The molecule has 28 heavy (non-hydrogen) atoms. The van der Waals surface area contributed by atoms with Crippen LogP contribution in [0.15, 0.2) is 42.5 Å². The molecule has 0 saturated carbocycles. The molecule has 0 spiro atoms. The number of hydrogen-bond acceptors (Lipinski definition) is 5. The van der Waals surface area contributed by atoms with Gasteiger partial charge in [-0.25, -0.2) is 0 Å². The van der Waals surface area contributed by atoms with Crippen LogP contribution in [0.4, 0.5) is 5.69 Å². The number of fused-ring (bicyclic) bond motifs is 1. The summed E-state index contributed by atoms with van der Waals surface area (Å²) in [5.74, 6) is 0.629. The molecule has 0 aromatic heterocycles. The summed E-state index contributed by atoms with van der Waals surface area (Å²) in [5, 5.41) is 0. The van der Waals surface area contributed by atoms with Crippen molar-refractivity contribution in [3.05, 3.63) is 53.6 Å². The number of anilines is 1. The number of para-hydroxylation sites is 1. The molecule has 2 N–H and O–H groups in total. The van der Waals surface area contributed by atoms with Crippen LogP contribution in [-0.4, -0.2) is 39.1 Å². The smallest absolute Gasteiger partial charge is 0.257 e. The van der Waals surface area contributed by atoms with Crippen LogP contribution in [0.1, 0.15) is 17.5 Å². The lowest BCUT2D eigenvalue weighted by Gasteiger charge is -2.30. The number of nitrogens with one attached hydrogen (secondary N) is 2. The Balaban J connectivity index is 1.52. The van der Waals surface area contributed by atoms with Gasteiger partial charge in [-0.1, -0.05) is 24.3 Å². The number of benzene rings is 2. The lowest BCUT2D eigenvalue weighted by atomic mass is 10.0. The molecule has 2 aromatic rings. The van der Waals surface area contributed by atoms with E-state index in [0.29, 0.717) is 17.1 Å². The quantitative estimate of drug-likeness (QED) is 0.744. The Kier molecular flexibility index (Phi) is 6.37. The highest BCUT2D eigenvalue weighted by Gasteiger charge is 2.19. The molecule has 1 aliphatic rings. The van der Waals surface area contributed by atoms with Crippen LogP contribution in [0, 0.1) is 0 Å². The Labute approximate surface area is 164 Å². The second-order valence-electron chi connectivity index (χ2n) is 6.60. The third kappa shape index (κ3) is 4.73. The summed E-state index contributed by atoms with van der Waals surface area (Å²) in [4.78, 5) is 26.5. The van der Waals surface area contributed by atoms with Crippen LogP contribution in [0.3, 0.4) is 0 Å². The van der Waals surface area contributed by atoms with E-state index in [9.17, 15) is 9.59 Å². The monoisotopic (exact) mass is 383 g/mol. The Morgan fingerprint density at radius 3 is 2.61 bits per heavy atom. The Morgan fingerprint density at radius 2 is 1.82 bits per heavy atom. The minimum Gasteiger partial charge on any atom is -0.497 e. The van der Waals surface area contributed by atoms with Crippen LogP contribution in [0.5, 0.6) is 11.5 Å². The predicted molar refractivity (Wildman–Crippen MR) is 107 cm³/mol. The summed E-state index contributed by atoms with van der Waals surface area (Å²) in [6, 6.07) is 13.3. The predicted octanol–water partition coefficient (Wildman–Crippen LogP) is 1.85. The van der Waals surface area contributed by atoms with Gasteiger partial charge in [0.15, 0.2) is 0 Å². The molecular formula is C21H25N3O4. The average Bonchev–Trinajstić information content (AvgIpc) is 2.73. The number of aryl methyl sites for hydroxylation is 1. The average molecular weight is 383 g/mol. The molecule has 7 heteroatoms. The molecule has 148 valence electrons. The number of hydrogen-bond donors (Lipinski definition) is 2. The van der Waals surface area contributed by atoms with Crippen LogP contribution in [-0.2, 0) is 22.4 Å². The van der Waals surface area contributed by atoms with Crippen molar-refractivity contribution in [3.63, 3.8) is 0 Å². The van der Waals surface area contributed by atoms with Crippen molar-refractivity contribution in [2.45, 2.75) is 19.3 Å². The summed E-state index contributed by atoms with van der Waals surface area (Å²) in [7, 11) is 3.10. The van der Waals surface area contributed by atoms with Gasteiger partial charge in [-0.15, -0.1) is 0 Å². The van der Waals surface area contributed by atoms with Gasteiger partial charge in [0.05, 0.1) is 27.2 Å². The lowest BCUT2D eigenvalue weighted by molar-refractivity contribution is -0.127. The summed E-state index contributed by atoms with van der Waals surface area (Å²) in [6.07, 6.45) is 2.11. The first-order chi connectivity index (χ1) is 13.6. The van der Waals surface area contributed by atoms with Crippen LogP contribution < -0.4 is 25.2 Å². The first-order valence-electron chi connectivity index (χ1n) is 9.22. The maximum atomic E-state index is 12.3. The molecule has 0 atom stereocenters. The molecule has 7 nitrogen and oxygen atoms in total. The van der Waals surface area contributed by atoms with E-state index in [1.54, 1.807) is 25.3 Å². The van der Waals surface area contributed by atoms with Gasteiger partial charge in [0.1, 0.15) is 11.5 Å². The molecule has 0 aliphatic carbocycles. The van der Waals surface area contributed by atoms with Crippen molar-refractivity contribution in [1.82, 2.24) is 10.9 Å². The Hall–Kier alpha value is -3.22. The molecule has 0 bridgehead atoms. The van der Waals surface area contributed by atoms with Crippen molar-refractivity contribution in [3.8, 4) is 11.5 Å². The first-order valence-corrected chi connectivity index (χ1v) is 9.22. The van der Waals surface area contributed by atoms with Gasteiger partial charge in [-0.3, -0.25) is 20.4 Å². The zero-order chi connectivity index (χ0) is 19.9. The summed E-state index contributed by atoms with van der Waals surface area (Å²) in [5.41, 5.74) is 8.00. The van der Waals surface area contributed by atoms with Gasteiger partial charge < -0.3 is 14.4 Å². The van der Waals surface area contributed by atoms with E-state index in [1.807, 2.05) is 23.1 Å². The summed E-state index contributed by atoms with van der Waals surface area (Å²) in [6.45, 7) is 1.02. The van der Waals surface area contributed by atoms with E-state index in [4.69, 9.17) is 9.47 Å². The first kappa shape index (κ1) is 19.5. The van der Waals surface area contributed by atoms with Crippen LogP contribution >= 0.6 is 0 Å². The number of nitrogens with zero attached hydrogens (tertiary/aromatic N) is 1. The van der Waals surface area contributed by atoms with Gasteiger partial charge in [-0.05, 0) is 30.5 Å². The fourth-order valence-electron chi connectivity index (χ4n) is 3.34. The highest BCUT2D eigenvalue weighted by atomic mass is 16.5. The Morgan fingerprint density at radius 1 is 1.04 bits per heavy atom. The zero-order valence-electron chi connectivity index (χ0n) is 16.2. The topological polar surface area (TPSA) is 79.9 Å². The molecular weight excluding hydrogens is 358 g/mol. The van der Waals surface area contributed by atoms with E-state index in [0.717, 1.165) is 25.1 Å². The molecule has 2 amide bonds. The van der Waals surface area contributed by atoms with Gasteiger partial charge >= 0.3 is 0 Å². The third-order valence-electron chi connectivity index (χ3n) is 4.73. The zero-order valence-corrected chi connectivity index (χ0v) is 16.2. The maximum absolute atomic E-state index is 12.3. The second kappa shape index (κ2) is 9.12. The van der Waals surface area contributed by atoms with Crippen molar-refractivity contribution < 1.29 is 19.1 Å². The van der Waals surface area contributed by atoms with E-state index < -0.39 is 0 Å². The van der Waals surface area contributed by atoms with E-state index >= 15 is 0 Å². The molecule has 1 heterocycles. The third-order valence-corrected chi connectivity index (χ3v) is 4.73. The van der Waals surface area contributed by atoms with E-state index in [1.165, 1.54) is 12.7 Å². The molecule has 3 rings (SSSR count). The SMILES string of the molecule is COc1ccc(CC(=O)NNC(=O)CN2CCCc3ccccc32)c(OC)c1. The van der Waals surface area contributed by atoms with Gasteiger partial charge in [-0.2, -0.15) is 0 Å². The summed E-state index contributed by atoms with van der Waals surface area (Å²) >= 11 is 0. The van der Waals surface area contributed by atoms with Gasteiger partial charge in [0, 0.05) is 23.9 Å². The fourth-order valence-corrected chi connectivity index (χ4v) is 3.34. The molecule has 2 aromatic carbocycles. The lowest BCUT2D eigenvalue weighted by Crippen LogP contribution is -2.47. The highest BCUT2D eigenvalue weighted by molar-refractivity contribution is 5.86. The normalized spacial score (nSPS) is 12.7. The number of methoxy groups -OCH3 is 2. The minimum absolute atomic E-state index is 0.0833. The van der Waals surface area contributed by atoms with Crippen LogP contribution in [0.2, 0.25) is 0 Å². The van der Waals surface area contributed by atoms with E-state index in [-0.39, 0.29) is 24.8 Å². The minimum atomic E-state index is -0.323. The number of hydrazine groups is 1. The Bertz CT molecular complexity index is 853. The highest BCUT2D eigenvalue weighted by Crippen LogP contribution is 2.26. The standard InChI is InChI=1S/C21H25N3O4/c1-27-17-10-9-16(19(13-17)28-2)12-20(25)22-23-21(26)14-24-11-5-7-15-6-3-4-8-18(15)24/h3-4,6,8-10,13H,5,7,11-12,14H2,1-2H3,(H,22,25)(H,23,26). The summed E-state index contributed by atoms with van der Waals surface area (Å²) < 4.78 is 10.4. The maximum Gasteiger partial charge on any atom is 0.257 e. The number of carbonyl (C=O) groups is 2. The molecule has 1 aliphatic heterocycles. The number of carbonyl (C=O) groups excluding carboxylic acids is 2. The van der Waals surface area contributed by atoms with Crippen molar-refractivity contribution in [2.24, 2.45) is 0 Å². The van der Waals surface area contributed by atoms with Crippen molar-refractivity contribution in [1.29, 1.82) is 0 Å². The van der Waals surface area contributed by atoms with Gasteiger partial charge in [0.25, 0.3) is 5.91 Å². The molecule has 0 saturated heterocycles. The molecule has 0 radical (unpaired) electrons. The molecule has 0 fully saturated rings. The largest absolute Gasteiger partial charge is 0.497 e. The van der Waals surface area contributed by atoms with Gasteiger partial charge in [0.2, 0.25) is 5.91 Å². The van der Waals surface area contributed by atoms with Crippen LogP contribution in [0.25, 0.3) is 0 Å². The van der Waals surface area contributed by atoms with E-state index in [2.05, 4.69) is 16.9 Å². The number of rotatable bonds is 6. The van der Waals surface area contributed by atoms with Crippen molar-refractivity contribution >= 4 is 17.5 Å². The molecule has 0 unspecified atom stereocenters.